The maximum absolute atomic E-state index is 4.11. The lowest BCUT2D eigenvalue weighted by Crippen LogP contribution is -2.11. The van der Waals surface area contributed by atoms with E-state index in [2.05, 4.69) is 36.3 Å². The number of tetrazole rings is 1. The van der Waals surface area contributed by atoms with Crippen molar-refractivity contribution in [1.82, 2.24) is 20.2 Å². The van der Waals surface area contributed by atoms with Gasteiger partial charge in [-0.25, -0.2) is 4.68 Å². The normalized spacial score (nSPS) is 12.9. The van der Waals surface area contributed by atoms with E-state index in [1.54, 1.807) is 0 Å². The molecule has 1 atom stereocenters. The predicted octanol–water partition coefficient (Wildman–Crippen LogP) is 3.55. The van der Waals surface area contributed by atoms with Crippen molar-refractivity contribution in [2.45, 2.75) is 78.2 Å². The summed E-state index contributed by atoms with van der Waals surface area (Å²) in [5.74, 6) is 1.04. The minimum Gasteiger partial charge on any atom is -0.227 e. The van der Waals surface area contributed by atoms with E-state index in [1.165, 1.54) is 38.5 Å². The summed E-state index contributed by atoms with van der Waals surface area (Å²) >= 11 is 0. The second-order valence-corrected chi connectivity index (χ2v) is 4.84. The second-order valence-electron chi connectivity index (χ2n) is 4.84. The van der Waals surface area contributed by atoms with Gasteiger partial charge in [0.15, 0.2) is 5.82 Å². The van der Waals surface area contributed by atoms with Crippen LogP contribution in [0.15, 0.2) is 0 Å². The zero-order chi connectivity index (χ0) is 12.5. The van der Waals surface area contributed by atoms with Crippen molar-refractivity contribution in [2.24, 2.45) is 0 Å². The molecule has 17 heavy (non-hydrogen) atoms. The first-order chi connectivity index (χ1) is 8.29. The van der Waals surface area contributed by atoms with E-state index < -0.39 is 0 Å². The zero-order valence-electron chi connectivity index (χ0n) is 11.5. The maximum Gasteiger partial charge on any atom is 0.151 e. The van der Waals surface area contributed by atoms with Gasteiger partial charge in [-0.1, -0.05) is 46.0 Å². The second kappa shape index (κ2) is 8.20. The molecule has 1 aromatic rings. The van der Waals surface area contributed by atoms with Crippen LogP contribution in [0.1, 0.15) is 77.6 Å². The highest BCUT2D eigenvalue weighted by Crippen LogP contribution is 2.16. The van der Waals surface area contributed by atoms with E-state index in [4.69, 9.17) is 0 Å². The fourth-order valence-electron chi connectivity index (χ4n) is 2.11. The third-order valence-electron chi connectivity index (χ3n) is 3.18. The van der Waals surface area contributed by atoms with Crippen LogP contribution in [-0.4, -0.2) is 20.2 Å². The fourth-order valence-corrected chi connectivity index (χ4v) is 2.11. The molecule has 0 bridgehead atoms. The van der Waals surface area contributed by atoms with Gasteiger partial charge in [-0.15, -0.1) is 5.10 Å². The molecule has 4 nitrogen and oxygen atoms in total. The van der Waals surface area contributed by atoms with E-state index in [9.17, 15) is 0 Å². The van der Waals surface area contributed by atoms with Gasteiger partial charge in [0.05, 0.1) is 6.04 Å². The summed E-state index contributed by atoms with van der Waals surface area (Å²) in [7, 11) is 0. The first-order valence-corrected chi connectivity index (χ1v) is 7.06. The summed E-state index contributed by atoms with van der Waals surface area (Å²) in [4.78, 5) is 0. The van der Waals surface area contributed by atoms with Crippen molar-refractivity contribution < 1.29 is 0 Å². The molecule has 0 aliphatic rings. The predicted molar refractivity (Wildman–Crippen MR) is 69.9 cm³/mol. The smallest absolute Gasteiger partial charge is 0.151 e. The molecule has 0 aromatic carbocycles. The van der Waals surface area contributed by atoms with Crippen molar-refractivity contribution in [3.8, 4) is 0 Å². The molecule has 0 amide bonds. The molecule has 0 radical (unpaired) electrons. The Kier molecular flexibility index (Phi) is 6.82. The summed E-state index contributed by atoms with van der Waals surface area (Å²) in [5.41, 5.74) is 0. The Labute approximate surface area is 105 Å². The minimum absolute atomic E-state index is 0.438. The Bertz CT molecular complexity index is 295. The summed E-state index contributed by atoms with van der Waals surface area (Å²) in [5, 5.41) is 12.0. The molecule has 0 saturated heterocycles. The highest BCUT2D eigenvalue weighted by atomic mass is 15.5. The zero-order valence-corrected chi connectivity index (χ0v) is 11.5. The Balaban J connectivity index is 2.30. The van der Waals surface area contributed by atoms with Crippen LogP contribution < -0.4 is 0 Å². The molecule has 98 valence electrons. The Morgan fingerprint density at radius 1 is 1.06 bits per heavy atom. The van der Waals surface area contributed by atoms with Crippen LogP contribution in [0.3, 0.4) is 0 Å². The summed E-state index contributed by atoms with van der Waals surface area (Å²) in [6.45, 7) is 6.63. The van der Waals surface area contributed by atoms with E-state index >= 15 is 0 Å². The van der Waals surface area contributed by atoms with Crippen LogP contribution in [-0.2, 0) is 6.42 Å². The van der Waals surface area contributed by atoms with Gasteiger partial charge in [-0.3, -0.25) is 0 Å². The molecule has 1 heterocycles. The van der Waals surface area contributed by atoms with Crippen molar-refractivity contribution in [2.75, 3.05) is 0 Å². The van der Waals surface area contributed by atoms with Crippen LogP contribution in [0.2, 0.25) is 0 Å². The molecule has 0 spiro atoms. The number of aryl methyl sites for hydroxylation is 1. The lowest BCUT2D eigenvalue weighted by Gasteiger charge is -2.12. The van der Waals surface area contributed by atoms with E-state index in [0.29, 0.717) is 6.04 Å². The molecule has 0 fully saturated rings. The maximum atomic E-state index is 4.11. The lowest BCUT2D eigenvalue weighted by molar-refractivity contribution is 0.412. The molecule has 1 unspecified atom stereocenters. The number of unbranched alkanes of at least 4 members (excludes halogenated alkanes) is 4. The number of aromatic nitrogens is 4. The van der Waals surface area contributed by atoms with Crippen molar-refractivity contribution >= 4 is 0 Å². The number of hydrogen-bond acceptors (Lipinski definition) is 3. The SMILES string of the molecule is CCCCCCCC(C)n1nnnc1CCC. The Hall–Kier alpha value is -0.930. The molecule has 0 saturated carbocycles. The van der Waals surface area contributed by atoms with E-state index in [-0.39, 0.29) is 0 Å². The molecule has 4 heteroatoms. The van der Waals surface area contributed by atoms with Crippen molar-refractivity contribution in [1.29, 1.82) is 0 Å². The molecular formula is C13H26N4. The average Bonchev–Trinajstić information content (AvgIpc) is 2.77. The van der Waals surface area contributed by atoms with Gasteiger partial charge in [0.25, 0.3) is 0 Å². The first kappa shape index (κ1) is 14.1. The largest absolute Gasteiger partial charge is 0.227 e. The van der Waals surface area contributed by atoms with Crippen LogP contribution in [0.25, 0.3) is 0 Å². The van der Waals surface area contributed by atoms with Gasteiger partial charge in [-0.2, -0.15) is 0 Å². The standard InChI is InChI=1S/C13H26N4/c1-4-6-7-8-9-11-12(3)17-13(10-5-2)14-15-16-17/h12H,4-11H2,1-3H3. The van der Waals surface area contributed by atoms with Gasteiger partial charge in [-0.05, 0) is 30.2 Å². The highest BCUT2D eigenvalue weighted by Gasteiger charge is 2.11. The third-order valence-corrected chi connectivity index (χ3v) is 3.18. The number of hydrogen-bond donors (Lipinski definition) is 0. The molecule has 0 N–H and O–H groups in total. The van der Waals surface area contributed by atoms with Gasteiger partial charge in [0.2, 0.25) is 0 Å². The summed E-state index contributed by atoms with van der Waals surface area (Å²) < 4.78 is 2.00. The van der Waals surface area contributed by atoms with Crippen molar-refractivity contribution in [3.63, 3.8) is 0 Å². The topological polar surface area (TPSA) is 43.6 Å². The third kappa shape index (κ3) is 4.84. The van der Waals surface area contributed by atoms with Gasteiger partial charge in [0.1, 0.15) is 0 Å². The summed E-state index contributed by atoms with van der Waals surface area (Å²) in [6, 6.07) is 0.438. The average molecular weight is 238 g/mol. The summed E-state index contributed by atoms with van der Waals surface area (Å²) in [6.07, 6.45) is 9.92. The molecule has 0 aliphatic heterocycles. The minimum atomic E-state index is 0.438. The highest BCUT2D eigenvalue weighted by molar-refractivity contribution is 4.83. The molecule has 0 aliphatic carbocycles. The van der Waals surface area contributed by atoms with Gasteiger partial charge in [0, 0.05) is 6.42 Å². The molecule has 1 rings (SSSR count). The number of nitrogens with zero attached hydrogens (tertiary/aromatic N) is 4. The van der Waals surface area contributed by atoms with Crippen LogP contribution >= 0.6 is 0 Å². The number of rotatable bonds is 9. The Morgan fingerprint density at radius 2 is 1.82 bits per heavy atom. The van der Waals surface area contributed by atoms with Gasteiger partial charge < -0.3 is 0 Å². The van der Waals surface area contributed by atoms with Crippen LogP contribution in [0, 0.1) is 0 Å². The first-order valence-electron chi connectivity index (χ1n) is 7.06. The fraction of sp³-hybridized carbons (Fsp3) is 0.923. The van der Waals surface area contributed by atoms with Crippen LogP contribution in [0.4, 0.5) is 0 Å². The van der Waals surface area contributed by atoms with Crippen molar-refractivity contribution in [3.05, 3.63) is 5.82 Å². The molecule has 1 aromatic heterocycles. The van der Waals surface area contributed by atoms with E-state index in [0.717, 1.165) is 18.7 Å². The molecular weight excluding hydrogens is 212 g/mol. The monoisotopic (exact) mass is 238 g/mol. The van der Waals surface area contributed by atoms with E-state index in [1.807, 2.05) is 4.68 Å². The quantitative estimate of drug-likeness (QED) is 0.618. The Morgan fingerprint density at radius 3 is 2.53 bits per heavy atom. The lowest BCUT2D eigenvalue weighted by atomic mass is 10.1. The van der Waals surface area contributed by atoms with Gasteiger partial charge >= 0.3 is 0 Å². The van der Waals surface area contributed by atoms with Crippen LogP contribution in [0.5, 0.6) is 0 Å².